The largest absolute Gasteiger partial charge is 0.493 e. The number of aromatic nitrogens is 3. The Morgan fingerprint density at radius 3 is 2.52 bits per heavy atom. The molecular formula is C41H43N3O6. The molecule has 0 bridgehead atoms. The fourth-order valence-corrected chi connectivity index (χ4v) is 7.10. The number of aliphatic hydroxyl groups is 1. The third kappa shape index (κ3) is 6.84. The molecule has 0 spiro atoms. The van der Waals surface area contributed by atoms with Crippen molar-refractivity contribution in [3.8, 4) is 22.6 Å². The van der Waals surface area contributed by atoms with E-state index in [1.54, 1.807) is 11.6 Å². The predicted octanol–water partition coefficient (Wildman–Crippen LogP) is 7.88. The number of nitrogens with one attached hydrogen (secondary N) is 1. The summed E-state index contributed by atoms with van der Waals surface area (Å²) in [4.78, 5) is 16.7. The lowest BCUT2D eigenvalue weighted by Crippen LogP contribution is -2.13. The number of hydrogen-bond donors (Lipinski definition) is 2. The van der Waals surface area contributed by atoms with Crippen LogP contribution in [0.25, 0.3) is 32.8 Å². The molecule has 4 aromatic carbocycles. The van der Waals surface area contributed by atoms with Crippen molar-refractivity contribution in [3.63, 3.8) is 0 Å². The molecule has 1 saturated heterocycles. The molecule has 7 rings (SSSR count). The first-order chi connectivity index (χ1) is 24.6. The van der Waals surface area contributed by atoms with Gasteiger partial charge in [0.1, 0.15) is 29.5 Å². The number of benzene rings is 4. The van der Waals surface area contributed by atoms with Gasteiger partial charge in [-0.1, -0.05) is 66.7 Å². The number of nitrogens with zero attached hydrogens (tertiary/aromatic N) is 2. The summed E-state index contributed by atoms with van der Waals surface area (Å²) in [6, 6.07) is 28.5. The minimum atomic E-state index is -0.402. The van der Waals surface area contributed by atoms with Crippen molar-refractivity contribution in [1.29, 1.82) is 0 Å². The van der Waals surface area contributed by atoms with Gasteiger partial charge < -0.3 is 29.0 Å². The summed E-state index contributed by atoms with van der Waals surface area (Å²) in [6.07, 6.45) is 3.35. The van der Waals surface area contributed by atoms with Gasteiger partial charge in [-0.25, -0.2) is 4.79 Å². The van der Waals surface area contributed by atoms with E-state index >= 15 is 0 Å². The highest BCUT2D eigenvalue weighted by molar-refractivity contribution is 6.04. The zero-order valence-electron chi connectivity index (χ0n) is 28.6. The van der Waals surface area contributed by atoms with Gasteiger partial charge in [0.05, 0.1) is 31.0 Å². The van der Waals surface area contributed by atoms with Crippen LogP contribution in [-0.4, -0.2) is 52.3 Å². The maximum Gasteiger partial charge on any atom is 0.355 e. The summed E-state index contributed by atoms with van der Waals surface area (Å²) >= 11 is 0. The smallest absolute Gasteiger partial charge is 0.355 e. The van der Waals surface area contributed by atoms with E-state index in [-0.39, 0.29) is 19.8 Å². The van der Waals surface area contributed by atoms with E-state index in [1.807, 2.05) is 61.6 Å². The van der Waals surface area contributed by atoms with Gasteiger partial charge in [-0.15, -0.1) is 0 Å². The van der Waals surface area contributed by atoms with Gasteiger partial charge in [0.25, 0.3) is 0 Å². The minimum absolute atomic E-state index is 0.208. The summed E-state index contributed by atoms with van der Waals surface area (Å²) < 4.78 is 25.2. The standard InChI is InChI=1S/C41H43N3O6/c1-3-48-41(46)40-33(14-8-22-49-37-15-6-10-29-9-4-5-11-31(29)37)32-12-7-13-34(39(32)42-40)38-35(43-44(2)36(38)25-45)26-50-30-18-16-27(17-19-30)28-20-23-47-24-21-28/h4-7,9-13,15-19,28,42,45H,3,8,14,20-26H2,1-2H3. The molecule has 6 aromatic rings. The zero-order valence-corrected chi connectivity index (χ0v) is 28.6. The molecule has 50 heavy (non-hydrogen) atoms. The van der Waals surface area contributed by atoms with Crippen molar-refractivity contribution in [2.75, 3.05) is 26.4 Å². The molecule has 3 heterocycles. The van der Waals surface area contributed by atoms with Crippen LogP contribution >= 0.6 is 0 Å². The van der Waals surface area contributed by atoms with Crippen LogP contribution in [-0.2, 0) is 36.2 Å². The van der Waals surface area contributed by atoms with E-state index in [4.69, 9.17) is 24.0 Å². The highest BCUT2D eigenvalue weighted by Gasteiger charge is 2.25. The molecule has 0 amide bonds. The first-order valence-corrected chi connectivity index (χ1v) is 17.4. The number of fused-ring (bicyclic) bond motifs is 2. The molecule has 0 unspecified atom stereocenters. The molecule has 1 aliphatic heterocycles. The number of esters is 1. The van der Waals surface area contributed by atoms with E-state index < -0.39 is 5.97 Å². The van der Waals surface area contributed by atoms with E-state index in [0.717, 1.165) is 75.9 Å². The Kier molecular flexibility index (Phi) is 10.1. The first-order valence-electron chi connectivity index (χ1n) is 17.4. The van der Waals surface area contributed by atoms with Gasteiger partial charge in [-0.2, -0.15) is 5.10 Å². The summed E-state index contributed by atoms with van der Waals surface area (Å²) in [5, 5.41) is 18.4. The van der Waals surface area contributed by atoms with Gasteiger partial charge >= 0.3 is 5.97 Å². The van der Waals surface area contributed by atoms with Crippen LogP contribution in [0.4, 0.5) is 0 Å². The number of para-hydroxylation sites is 1. The number of hydrogen-bond acceptors (Lipinski definition) is 7. The SMILES string of the molecule is CCOC(=O)c1[nH]c2c(-c3c(COc4ccc(C5CCOCC5)cc4)nn(C)c3CO)cccc2c1CCCOc1cccc2ccccc12. The average molecular weight is 674 g/mol. The lowest BCUT2D eigenvalue weighted by Gasteiger charge is -2.22. The van der Waals surface area contributed by atoms with Crippen LogP contribution < -0.4 is 9.47 Å². The van der Waals surface area contributed by atoms with Gasteiger partial charge in [0, 0.05) is 42.2 Å². The number of carbonyl (C=O) groups excluding carboxylic acids is 1. The van der Waals surface area contributed by atoms with Crippen molar-refractivity contribution < 1.29 is 28.8 Å². The number of aliphatic hydroxyl groups excluding tert-OH is 1. The number of H-pyrrole nitrogens is 1. The molecule has 9 nitrogen and oxygen atoms in total. The van der Waals surface area contributed by atoms with Crippen LogP contribution in [0.1, 0.15) is 65.1 Å². The lowest BCUT2D eigenvalue weighted by molar-refractivity contribution is 0.0519. The van der Waals surface area contributed by atoms with Crippen LogP contribution in [0.15, 0.2) is 84.9 Å². The molecule has 0 saturated carbocycles. The molecule has 1 fully saturated rings. The molecule has 0 radical (unpaired) electrons. The normalized spacial score (nSPS) is 13.6. The number of aryl methyl sites for hydroxylation is 2. The second-order valence-corrected chi connectivity index (χ2v) is 12.7. The monoisotopic (exact) mass is 673 g/mol. The van der Waals surface area contributed by atoms with Crippen molar-refractivity contribution in [3.05, 3.63) is 113 Å². The van der Waals surface area contributed by atoms with Crippen molar-refractivity contribution in [2.45, 2.75) is 51.7 Å². The number of ether oxygens (including phenoxy) is 4. The maximum absolute atomic E-state index is 13.3. The molecule has 258 valence electrons. The van der Waals surface area contributed by atoms with E-state index in [2.05, 4.69) is 35.3 Å². The van der Waals surface area contributed by atoms with Gasteiger partial charge in [-0.3, -0.25) is 4.68 Å². The Bertz CT molecular complexity index is 2090. The van der Waals surface area contributed by atoms with Crippen LogP contribution in [0.3, 0.4) is 0 Å². The van der Waals surface area contributed by atoms with E-state index in [0.29, 0.717) is 42.4 Å². The average Bonchev–Trinajstić information content (AvgIpc) is 3.69. The van der Waals surface area contributed by atoms with E-state index in [9.17, 15) is 9.90 Å². The Labute approximate surface area is 291 Å². The molecular weight excluding hydrogens is 630 g/mol. The summed E-state index contributed by atoms with van der Waals surface area (Å²) in [5.41, 5.74) is 6.34. The lowest BCUT2D eigenvalue weighted by atomic mass is 9.92. The fraction of sp³-hybridized carbons (Fsp3) is 0.317. The van der Waals surface area contributed by atoms with Crippen molar-refractivity contribution in [2.24, 2.45) is 7.05 Å². The Morgan fingerprint density at radius 2 is 1.72 bits per heavy atom. The fourth-order valence-electron chi connectivity index (χ4n) is 7.10. The molecule has 0 aliphatic carbocycles. The third-order valence-electron chi connectivity index (χ3n) is 9.61. The van der Waals surface area contributed by atoms with Crippen molar-refractivity contribution >= 4 is 27.6 Å². The number of rotatable bonds is 13. The summed E-state index contributed by atoms with van der Waals surface area (Å²) in [7, 11) is 1.82. The van der Waals surface area contributed by atoms with Crippen LogP contribution in [0.5, 0.6) is 11.5 Å². The highest BCUT2D eigenvalue weighted by atomic mass is 16.5. The number of aromatic amines is 1. The second kappa shape index (κ2) is 15.2. The van der Waals surface area contributed by atoms with Crippen LogP contribution in [0.2, 0.25) is 0 Å². The first kappa shape index (κ1) is 33.4. The predicted molar refractivity (Wildman–Crippen MR) is 194 cm³/mol. The molecule has 0 atom stereocenters. The Balaban J connectivity index is 1.16. The zero-order chi connectivity index (χ0) is 34.5. The Morgan fingerprint density at radius 1 is 0.960 bits per heavy atom. The molecule has 9 heteroatoms. The quantitative estimate of drug-likeness (QED) is 0.0949. The van der Waals surface area contributed by atoms with Gasteiger partial charge in [0.15, 0.2) is 0 Å². The van der Waals surface area contributed by atoms with Crippen LogP contribution in [0, 0.1) is 0 Å². The van der Waals surface area contributed by atoms with Crippen molar-refractivity contribution in [1.82, 2.24) is 14.8 Å². The maximum atomic E-state index is 13.3. The molecule has 2 N–H and O–H groups in total. The molecule has 1 aliphatic rings. The summed E-state index contributed by atoms with van der Waals surface area (Å²) in [6.45, 7) is 4.15. The minimum Gasteiger partial charge on any atom is -0.493 e. The molecule has 2 aromatic heterocycles. The van der Waals surface area contributed by atoms with E-state index in [1.165, 1.54) is 5.56 Å². The van der Waals surface area contributed by atoms with Gasteiger partial charge in [-0.05, 0) is 73.2 Å². The third-order valence-corrected chi connectivity index (χ3v) is 9.61. The second-order valence-electron chi connectivity index (χ2n) is 12.7. The highest BCUT2D eigenvalue weighted by Crippen LogP contribution is 2.37. The summed E-state index contributed by atoms with van der Waals surface area (Å²) in [5.74, 6) is 1.70. The Hall–Kier alpha value is -5.12. The number of carbonyl (C=O) groups is 1. The topological polar surface area (TPSA) is 108 Å². The van der Waals surface area contributed by atoms with Gasteiger partial charge in [0.2, 0.25) is 0 Å².